The fraction of sp³-hybridized carbons (Fsp3) is 0.933. The van der Waals surface area contributed by atoms with E-state index in [0.717, 1.165) is 17.1 Å². The Balaban J connectivity index is 1.73. The lowest BCUT2D eigenvalue weighted by Crippen LogP contribution is -2.46. The molecular weight excluding hydrogens is 254 g/mol. The zero-order chi connectivity index (χ0) is 13.7. The molecule has 0 aliphatic heterocycles. The van der Waals surface area contributed by atoms with Crippen LogP contribution in [-0.2, 0) is 0 Å². The first-order chi connectivity index (χ1) is 9.26. The zero-order valence-electron chi connectivity index (χ0n) is 12.6. The van der Waals surface area contributed by atoms with E-state index >= 15 is 0 Å². The molecule has 2 aliphatic carbocycles. The van der Waals surface area contributed by atoms with Crippen LogP contribution >= 0.6 is 11.8 Å². The Bertz CT molecular complexity index is 306. The molecule has 2 rings (SSSR count). The molecule has 0 aromatic carbocycles. The minimum atomic E-state index is 0.612. The van der Waals surface area contributed by atoms with E-state index in [1.54, 1.807) is 0 Å². The van der Waals surface area contributed by atoms with Crippen molar-refractivity contribution >= 4 is 17.7 Å². The minimum absolute atomic E-state index is 0.612. The van der Waals surface area contributed by atoms with Crippen LogP contribution in [0.2, 0.25) is 0 Å². The summed E-state index contributed by atoms with van der Waals surface area (Å²) in [5.41, 5.74) is 0. The summed E-state index contributed by atoms with van der Waals surface area (Å²) in [6.07, 6.45) is 11.5. The number of thioether (sulfide) groups is 1. The average molecular weight is 283 g/mol. The Morgan fingerprint density at radius 2 is 2.11 bits per heavy atom. The molecule has 0 spiro atoms. The van der Waals surface area contributed by atoms with Gasteiger partial charge in [0.1, 0.15) is 0 Å². The van der Waals surface area contributed by atoms with E-state index in [9.17, 15) is 0 Å². The number of rotatable bonds is 5. The highest BCUT2D eigenvalue weighted by atomic mass is 32.2. The Kier molecular flexibility index (Phi) is 5.86. The SMILES string of the molecule is CCCC1CC1NC(=NC)NC1CCCC(SC)C1. The summed E-state index contributed by atoms with van der Waals surface area (Å²) in [5.74, 6) is 1.91. The largest absolute Gasteiger partial charge is 0.354 e. The number of aliphatic imine (C=N–C) groups is 1. The van der Waals surface area contributed by atoms with Crippen LogP contribution in [0.4, 0.5) is 0 Å². The second kappa shape index (κ2) is 7.41. The van der Waals surface area contributed by atoms with Crippen molar-refractivity contribution in [2.45, 2.75) is 69.2 Å². The lowest BCUT2D eigenvalue weighted by Gasteiger charge is -2.30. The summed E-state index contributed by atoms with van der Waals surface area (Å²) in [6.45, 7) is 2.27. The Morgan fingerprint density at radius 1 is 1.26 bits per heavy atom. The highest BCUT2D eigenvalue weighted by molar-refractivity contribution is 7.99. The maximum Gasteiger partial charge on any atom is 0.191 e. The van der Waals surface area contributed by atoms with Crippen LogP contribution in [0.3, 0.4) is 0 Å². The fourth-order valence-corrected chi connectivity index (χ4v) is 3.97. The van der Waals surface area contributed by atoms with Gasteiger partial charge in [0.05, 0.1) is 0 Å². The van der Waals surface area contributed by atoms with Crippen molar-refractivity contribution < 1.29 is 0 Å². The van der Waals surface area contributed by atoms with E-state index in [4.69, 9.17) is 0 Å². The quantitative estimate of drug-likeness (QED) is 0.601. The highest BCUT2D eigenvalue weighted by Gasteiger charge is 2.36. The number of hydrogen-bond acceptors (Lipinski definition) is 2. The Hall–Kier alpha value is -0.380. The number of hydrogen-bond donors (Lipinski definition) is 2. The van der Waals surface area contributed by atoms with Crippen molar-refractivity contribution in [1.82, 2.24) is 10.6 Å². The Labute approximate surface area is 122 Å². The average Bonchev–Trinajstić information content (AvgIpc) is 3.16. The molecule has 0 aromatic heterocycles. The minimum Gasteiger partial charge on any atom is -0.354 e. The van der Waals surface area contributed by atoms with Crippen LogP contribution in [0.15, 0.2) is 4.99 Å². The molecule has 19 heavy (non-hydrogen) atoms. The molecule has 4 unspecified atom stereocenters. The smallest absolute Gasteiger partial charge is 0.191 e. The van der Waals surface area contributed by atoms with Gasteiger partial charge in [0.25, 0.3) is 0 Å². The predicted octanol–water partition coefficient (Wildman–Crippen LogP) is 3.01. The molecule has 4 heteroatoms. The van der Waals surface area contributed by atoms with Gasteiger partial charge in [0, 0.05) is 24.4 Å². The van der Waals surface area contributed by atoms with Crippen molar-refractivity contribution in [3.63, 3.8) is 0 Å². The van der Waals surface area contributed by atoms with E-state index < -0.39 is 0 Å². The standard InChI is InChI=1S/C15H29N3S/c1-4-6-11-9-14(11)18-15(16-2)17-12-7-5-8-13(10-12)19-3/h11-14H,4-10H2,1-3H3,(H2,16,17,18). The summed E-state index contributed by atoms with van der Waals surface area (Å²) in [5, 5.41) is 8.05. The first-order valence-electron chi connectivity index (χ1n) is 7.79. The number of nitrogens with one attached hydrogen (secondary N) is 2. The van der Waals surface area contributed by atoms with Crippen molar-refractivity contribution in [3.8, 4) is 0 Å². The fourth-order valence-electron chi connectivity index (χ4n) is 3.14. The molecular formula is C15H29N3S. The first kappa shape index (κ1) is 15.0. The number of nitrogens with zero attached hydrogens (tertiary/aromatic N) is 1. The summed E-state index contributed by atoms with van der Waals surface area (Å²) in [7, 11) is 1.89. The highest BCUT2D eigenvalue weighted by Crippen LogP contribution is 2.34. The third-order valence-electron chi connectivity index (χ3n) is 4.43. The van der Waals surface area contributed by atoms with Gasteiger partial charge in [-0.1, -0.05) is 19.8 Å². The van der Waals surface area contributed by atoms with E-state index in [1.807, 2.05) is 18.8 Å². The molecule has 2 aliphatic rings. The molecule has 110 valence electrons. The molecule has 4 atom stereocenters. The molecule has 0 saturated heterocycles. The predicted molar refractivity (Wildman–Crippen MR) is 86.0 cm³/mol. The molecule has 0 bridgehead atoms. The molecule has 0 amide bonds. The van der Waals surface area contributed by atoms with Gasteiger partial charge in [-0.05, 0) is 44.3 Å². The lowest BCUT2D eigenvalue weighted by atomic mass is 9.95. The van der Waals surface area contributed by atoms with E-state index in [2.05, 4.69) is 28.8 Å². The summed E-state index contributed by atoms with van der Waals surface area (Å²) in [6, 6.07) is 1.28. The summed E-state index contributed by atoms with van der Waals surface area (Å²) >= 11 is 2.02. The topological polar surface area (TPSA) is 36.4 Å². The normalized spacial score (nSPS) is 35.0. The second-order valence-electron chi connectivity index (χ2n) is 5.97. The maximum absolute atomic E-state index is 4.40. The van der Waals surface area contributed by atoms with E-state index in [0.29, 0.717) is 12.1 Å². The van der Waals surface area contributed by atoms with E-state index in [-0.39, 0.29) is 0 Å². The molecule has 0 heterocycles. The Morgan fingerprint density at radius 3 is 2.79 bits per heavy atom. The van der Waals surface area contributed by atoms with E-state index in [1.165, 1.54) is 44.9 Å². The van der Waals surface area contributed by atoms with Crippen molar-refractivity contribution in [2.75, 3.05) is 13.3 Å². The van der Waals surface area contributed by atoms with Crippen LogP contribution in [0.1, 0.15) is 51.9 Å². The van der Waals surface area contributed by atoms with Crippen LogP contribution in [0, 0.1) is 5.92 Å². The molecule has 0 aromatic rings. The molecule has 3 nitrogen and oxygen atoms in total. The van der Waals surface area contributed by atoms with Gasteiger partial charge in [-0.25, -0.2) is 0 Å². The van der Waals surface area contributed by atoms with Crippen LogP contribution in [-0.4, -0.2) is 36.6 Å². The third kappa shape index (κ3) is 4.59. The zero-order valence-corrected chi connectivity index (χ0v) is 13.4. The van der Waals surface area contributed by atoms with Crippen molar-refractivity contribution in [1.29, 1.82) is 0 Å². The molecule has 0 radical (unpaired) electrons. The van der Waals surface area contributed by atoms with Gasteiger partial charge in [0.15, 0.2) is 5.96 Å². The van der Waals surface area contributed by atoms with Crippen molar-refractivity contribution in [3.05, 3.63) is 0 Å². The second-order valence-corrected chi connectivity index (χ2v) is 7.11. The third-order valence-corrected chi connectivity index (χ3v) is 5.52. The van der Waals surface area contributed by atoms with Crippen molar-refractivity contribution in [2.24, 2.45) is 10.9 Å². The molecule has 2 N–H and O–H groups in total. The van der Waals surface area contributed by atoms with Gasteiger partial charge in [0.2, 0.25) is 0 Å². The summed E-state index contributed by atoms with van der Waals surface area (Å²) < 4.78 is 0. The van der Waals surface area contributed by atoms with Gasteiger partial charge in [-0.2, -0.15) is 11.8 Å². The maximum atomic E-state index is 4.40. The van der Waals surface area contributed by atoms with Gasteiger partial charge < -0.3 is 10.6 Å². The van der Waals surface area contributed by atoms with Crippen LogP contribution in [0.25, 0.3) is 0 Å². The first-order valence-corrected chi connectivity index (χ1v) is 9.08. The van der Waals surface area contributed by atoms with Crippen LogP contribution < -0.4 is 10.6 Å². The molecule has 2 fully saturated rings. The van der Waals surface area contributed by atoms with Gasteiger partial charge in [-0.3, -0.25) is 4.99 Å². The van der Waals surface area contributed by atoms with Gasteiger partial charge in [-0.15, -0.1) is 0 Å². The molecule has 2 saturated carbocycles. The monoisotopic (exact) mass is 283 g/mol. The van der Waals surface area contributed by atoms with Gasteiger partial charge >= 0.3 is 0 Å². The lowest BCUT2D eigenvalue weighted by molar-refractivity contribution is 0.418. The summed E-state index contributed by atoms with van der Waals surface area (Å²) in [4.78, 5) is 4.40. The number of guanidine groups is 1. The van der Waals surface area contributed by atoms with Crippen LogP contribution in [0.5, 0.6) is 0 Å².